The normalized spacial score (nSPS) is 15.7. The molecule has 3 rings (SSSR count). The highest BCUT2D eigenvalue weighted by atomic mass is 35.5. The molecule has 1 saturated heterocycles. The van der Waals surface area contributed by atoms with E-state index in [1.807, 2.05) is 12.1 Å². The zero-order chi connectivity index (χ0) is 17.8. The number of amides is 2. The summed E-state index contributed by atoms with van der Waals surface area (Å²) in [6.45, 7) is 0. The lowest BCUT2D eigenvalue weighted by atomic mass is 10.2. The molecule has 0 aliphatic carbocycles. The summed E-state index contributed by atoms with van der Waals surface area (Å²) in [5.41, 5.74) is 1.04. The molecule has 0 bridgehead atoms. The van der Waals surface area contributed by atoms with E-state index in [0.29, 0.717) is 21.4 Å². The van der Waals surface area contributed by atoms with Crippen LogP contribution >= 0.6 is 23.4 Å². The van der Waals surface area contributed by atoms with Crippen LogP contribution in [0.25, 0.3) is 0 Å². The SMILES string of the molecule is N#C/C(C(=O)Nc1ccc(Cl)cc1)=C1/SCC(=O)N1c1ccccc1. The van der Waals surface area contributed by atoms with Crippen LogP contribution in [0.2, 0.25) is 5.02 Å². The van der Waals surface area contributed by atoms with Crippen LogP contribution < -0.4 is 10.2 Å². The Morgan fingerprint density at radius 3 is 2.48 bits per heavy atom. The standard InChI is InChI=1S/C18H12ClN3O2S/c19-12-6-8-13(9-7-12)21-17(24)15(10-20)18-22(16(23)11-25-18)14-4-2-1-3-5-14/h1-9H,11H2,(H,21,24)/b18-15-. The van der Waals surface area contributed by atoms with E-state index in [0.717, 1.165) is 0 Å². The Kier molecular flexibility index (Phi) is 5.08. The molecule has 0 aromatic heterocycles. The largest absolute Gasteiger partial charge is 0.321 e. The summed E-state index contributed by atoms with van der Waals surface area (Å²) in [6, 6.07) is 17.4. The number of nitriles is 1. The minimum absolute atomic E-state index is 0.102. The fraction of sp³-hybridized carbons (Fsp3) is 0.0556. The molecule has 2 amide bonds. The second kappa shape index (κ2) is 7.43. The molecule has 0 radical (unpaired) electrons. The van der Waals surface area contributed by atoms with Crippen molar-refractivity contribution in [2.45, 2.75) is 0 Å². The van der Waals surface area contributed by atoms with Crippen molar-refractivity contribution in [1.29, 1.82) is 5.26 Å². The number of thioether (sulfide) groups is 1. The molecule has 1 N–H and O–H groups in total. The van der Waals surface area contributed by atoms with Gasteiger partial charge in [-0.25, -0.2) is 0 Å². The first kappa shape index (κ1) is 17.1. The van der Waals surface area contributed by atoms with E-state index in [1.165, 1.54) is 16.7 Å². The van der Waals surface area contributed by atoms with Crippen molar-refractivity contribution in [3.05, 3.63) is 70.2 Å². The molecule has 0 unspecified atom stereocenters. The van der Waals surface area contributed by atoms with Crippen LogP contribution in [0.1, 0.15) is 0 Å². The molecule has 124 valence electrons. The number of para-hydroxylation sites is 1. The fourth-order valence-electron chi connectivity index (χ4n) is 2.32. The van der Waals surface area contributed by atoms with Gasteiger partial charge in [0.1, 0.15) is 16.7 Å². The monoisotopic (exact) mass is 369 g/mol. The number of carbonyl (C=O) groups excluding carboxylic acids is 2. The first-order valence-corrected chi connectivity index (χ1v) is 8.68. The topological polar surface area (TPSA) is 73.2 Å². The number of hydrogen-bond acceptors (Lipinski definition) is 4. The van der Waals surface area contributed by atoms with Gasteiger partial charge in [0.2, 0.25) is 5.91 Å². The van der Waals surface area contributed by atoms with Crippen molar-refractivity contribution in [1.82, 2.24) is 0 Å². The predicted octanol–water partition coefficient (Wildman–Crippen LogP) is 3.79. The predicted molar refractivity (Wildman–Crippen MR) is 99.1 cm³/mol. The molecule has 1 heterocycles. The maximum atomic E-state index is 12.5. The minimum atomic E-state index is -0.567. The first-order chi connectivity index (χ1) is 12.1. The number of hydrogen-bond donors (Lipinski definition) is 1. The first-order valence-electron chi connectivity index (χ1n) is 7.32. The molecule has 0 saturated carbocycles. The third-order valence-corrected chi connectivity index (χ3v) is 4.76. The van der Waals surface area contributed by atoms with Crippen LogP contribution in [0.4, 0.5) is 11.4 Å². The molecular formula is C18H12ClN3O2S. The smallest absolute Gasteiger partial charge is 0.269 e. The van der Waals surface area contributed by atoms with Crippen LogP contribution in [0, 0.1) is 11.3 Å². The van der Waals surface area contributed by atoms with Gasteiger partial charge in [0.15, 0.2) is 0 Å². The molecule has 1 aliphatic rings. The van der Waals surface area contributed by atoms with Crippen LogP contribution in [0.15, 0.2) is 65.2 Å². The Hall–Kier alpha value is -2.75. The van der Waals surface area contributed by atoms with Crippen molar-refractivity contribution in [2.24, 2.45) is 0 Å². The number of nitrogens with one attached hydrogen (secondary N) is 1. The molecule has 2 aromatic carbocycles. The van der Waals surface area contributed by atoms with Gasteiger partial charge in [0.05, 0.1) is 5.75 Å². The van der Waals surface area contributed by atoms with E-state index >= 15 is 0 Å². The molecule has 0 spiro atoms. The lowest BCUT2D eigenvalue weighted by molar-refractivity contribution is -0.115. The Bertz CT molecular complexity index is 889. The fourth-order valence-corrected chi connectivity index (χ4v) is 3.45. The molecule has 0 atom stereocenters. The van der Waals surface area contributed by atoms with Gasteiger partial charge in [-0.05, 0) is 36.4 Å². The second-order valence-corrected chi connectivity index (χ2v) is 6.51. The van der Waals surface area contributed by atoms with Crippen molar-refractivity contribution < 1.29 is 9.59 Å². The summed E-state index contributed by atoms with van der Waals surface area (Å²) < 4.78 is 0. The van der Waals surface area contributed by atoms with E-state index in [1.54, 1.807) is 48.5 Å². The molecule has 25 heavy (non-hydrogen) atoms. The number of benzene rings is 2. The maximum Gasteiger partial charge on any atom is 0.269 e. The summed E-state index contributed by atoms with van der Waals surface area (Å²) >= 11 is 7.00. The average Bonchev–Trinajstić information content (AvgIpc) is 3.00. The third kappa shape index (κ3) is 3.68. The van der Waals surface area contributed by atoms with Gasteiger partial charge in [0, 0.05) is 16.4 Å². The number of anilines is 2. The molecule has 1 fully saturated rings. The van der Waals surface area contributed by atoms with Gasteiger partial charge in [0.25, 0.3) is 5.91 Å². The number of rotatable bonds is 3. The Morgan fingerprint density at radius 2 is 1.84 bits per heavy atom. The lowest BCUT2D eigenvalue weighted by Crippen LogP contribution is -2.26. The summed E-state index contributed by atoms with van der Waals surface area (Å²) in [5, 5.41) is 13.0. The summed E-state index contributed by atoms with van der Waals surface area (Å²) in [4.78, 5) is 26.2. The second-order valence-electron chi connectivity index (χ2n) is 5.11. The van der Waals surface area contributed by atoms with E-state index in [4.69, 9.17) is 11.6 Å². The molecule has 1 aliphatic heterocycles. The highest BCUT2D eigenvalue weighted by Gasteiger charge is 2.33. The molecular weight excluding hydrogens is 358 g/mol. The zero-order valence-corrected chi connectivity index (χ0v) is 14.5. The Labute approximate surface area is 153 Å². The van der Waals surface area contributed by atoms with Gasteiger partial charge >= 0.3 is 0 Å². The highest BCUT2D eigenvalue weighted by molar-refractivity contribution is 8.04. The summed E-state index contributed by atoms with van der Waals surface area (Å²) in [5.74, 6) is -0.551. The van der Waals surface area contributed by atoms with Crippen molar-refractivity contribution >= 4 is 46.6 Å². The Balaban J connectivity index is 1.94. The van der Waals surface area contributed by atoms with Gasteiger partial charge in [-0.3, -0.25) is 14.5 Å². The number of nitrogens with zero attached hydrogens (tertiary/aromatic N) is 2. The van der Waals surface area contributed by atoms with Gasteiger partial charge in [-0.1, -0.05) is 41.6 Å². The Morgan fingerprint density at radius 1 is 1.16 bits per heavy atom. The zero-order valence-electron chi connectivity index (χ0n) is 12.9. The van der Waals surface area contributed by atoms with E-state index in [-0.39, 0.29) is 17.2 Å². The van der Waals surface area contributed by atoms with E-state index in [2.05, 4.69) is 5.32 Å². The van der Waals surface area contributed by atoms with E-state index in [9.17, 15) is 14.9 Å². The molecule has 7 heteroatoms. The van der Waals surface area contributed by atoms with Crippen molar-refractivity contribution in [3.63, 3.8) is 0 Å². The molecule has 2 aromatic rings. The number of halogens is 1. The van der Waals surface area contributed by atoms with Gasteiger partial charge in [-0.15, -0.1) is 0 Å². The van der Waals surface area contributed by atoms with Crippen molar-refractivity contribution in [3.8, 4) is 6.07 Å². The summed E-state index contributed by atoms with van der Waals surface area (Å²) in [6.07, 6.45) is 0. The van der Waals surface area contributed by atoms with E-state index < -0.39 is 5.91 Å². The maximum absolute atomic E-state index is 12.5. The minimum Gasteiger partial charge on any atom is -0.321 e. The van der Waals surface area contributed by atoms with Gasteiger partial charge in [-0.2, -0.15) is 5.26 Å². The van der Waals surface area contributed by atoms with Crippen LogP contribution in [0.3, 0.4) is 0 Å². The van der Waals surface area contributed by atoms with Crippen LogP contribution in [-0.4, -0.2) is 17.6 Å². The number of carbonyl (C=O) groups is 2. The van der Waals surface area contributed by atoms with Crippen LogP contribution in [0.5, 0.6) is 0 Å². The summed E-state index contributed by atoms with van der Waals surface area (Å²) in [7, 11) is 0. The van der Waals surface area contributed by atoms with Crippen LogP contribution in [-0.2, 0) is 9.59 Å². The highest BCUT2D eigenvalue weighted by Crippen LogP contribution is 2.36. The van der Waals surface area contributed by atoms with Crippen molar-refractivity contribution in [2.75, 3.05) is 16.0 Å². The molecule has 5 nitrogen and oxygen atoms in total. The lowest BCUT2D eigenvalue weighted by Gasteiger charge is -2.18. The van der Waals surface area contributed by atoms with Gasteiger partial charge < -0.3 is 5.32 Å². The average molecular weight is 370 g/mol. The third-order valence-electron chi connectivity index (χ3n) is 3.45. The quantitative estimate of drug-likeness (QED) is 0.659.